The molecule has 6 heteroatoms. The van der Waals surface area contributed by atoms with Crippen LogP contribution in [0.15, 0.2) is 30.6 Å². The highest BCUT2D eigenvalue weighted by Crippen LogP contribution is 2.17. The zero-order valence-corrected chi connectivity index (χ0v) is 14.2. The van der Waals surface area contributed by atoms with E-state index in [1.54, 1.807) is 0 Å². The number of halogens is 2. The normalized spacial score (nSPS) is 11.2. The number of hydrogen-bond donors (Lipinski definition) is 1. The topological polar surface area (TPSA) is 55.7 Å². The van der Waals surface area contributed by atoms with Gasteiger partial charge in [-0.05, 0) is 6.42 Å². The summed E-state index contributed by atoms with van der Waals surface area (Å²) in [6.45, 7) is 6.31. The predicted molar refractivity (Wildman–Crippen MR) is 82.9 cm³/mol. The van der Waals surface area contributed by atoms with E-state index >= 15 is 0 Å². The molecule has 116 valence electrons. The fourth-order valence-corrected chi connectivity index (χ4v) is 2.23. The Balaban J connectivity index is 0.00000200. The Labute approximate surface area is 138 Å². The molecule has 0 aliphatic rings. The number of rotatable bonds is 4. The molecule has 0 aromatic carbocycles. The molecule has 0 saturated heterocycles. The molecule has 1 unspecified atom stereocenters. The minimum absolute atomic E-state index is 0. The molecule has 2 aromatic rings. The van der Waals surface area contributed by atoms with E-state index < -0.39 is 0 Å². The molecule has 0 amide bonds. The van der Waals surface area contributed by atoms with Crippen molar-refractivity contribution in [2.24, 2.45) is 0 Å². The lowest BCUT2D eigenvalue weighted by Gasteiger charge is -2.11. The van der Waals surface area contributed by atoms with Crippen LogP contribution in [0.2, 0.25) is 0 Å². The first-order chi connectivity index (χ1) is 9.13. The molecule has 1 atom stereocenters. The van der Waals surface area contributed by atoms with Crippen molar-refractivity contribution in [1.29, 1.82) is 0 Å². The van der Waals surface area contributed by atoms with Crippen LogP contribution in [0.5, 0.6) is 0 Å². The molecule has 0 saturated carbocycles. The summed E-state index contributed by atoms with van der Waals surface area (Å²) in [7, 11) is 0. The Morgan fingerprint density at radius 1 is 1.33 bits per heavy atom. The number of aromatic nitrogens is 3. The molecule has 21 heavy (non-hydrogen) atoms. The lowest BCUT2D eigenvalue weighted by Crippen LogP contribution is -3.00. The Kier molecular flexibility index (Phi) is 8.22. The van der Waals surface area contributed by atoms with Crippen LogP contribution in [-0.4, -0.2) is 9.97 Å². The molecule has 0 fully saturated rings. The van der Waals surface area contributed by atoms with E-state index in [0.717, 1.165) is 24.2 Å². The molecule has 0 spiro atoms. The van der Waals surface area contributed by atoms with Crippen molar-refractivity contribution in [2.75, 3.05) is 5.73 Å². The maximum Gasteiger partial charge on any atom is 0.186 e. The quantitative estimate of drug-likeness (QED) is 0.780. The third kappa shape index (κ3) is 4.55. The largest absolute Gasteiger partial charge is 1.00 e. The third-order valence-corrected chi connectivity index (χ3v) is 3.34. The van der Waals surface area contributed by atoms with E-state index in [1.165, 1.54) is 5.69 Å². The van der Waals surface area contributed by atoms with Gasteiger partial charge in [-0.1, -0.05) is 13.0 Å². The van der Waals surface area contributed by atoms with E-state index in [-0.39, 0.29) is 30.9 Å². The maximum absolute atomic E-state index is 6.08. The summed E-state index contributed by atoms with van der Waals surface area (Å²) < 4.78 is 2.18. The van der Waals surface area contributed by atoms with Gasteiger partial charge in [0.15, 0.2) is 17.9 Å². The van der Waals surface area contributed by atoms with Gasteiger partial charge in [0.1, 0.15) is 11.6 Å². The summed E-state index contributed by atoms with van der Waals surface area (Å²) in [6.07, 6.45) is 5.81. The second kappa shape index (κ2) is 8.80. The summed E-state index contributed by atoms with van der Waals surface area (Å²) in [5, 5.41) is 0. The van der Waals surface area contributed by atoms with Crippen LogP contribution >= 0.6 is 12.4 Å². The van der Waals surface area contributed by atoms with Gasteiger partial charge in [0.2, 0.25) is 0 Å². The van der Waals surface area contributed by atoms with Gasteiger partial charge in [0, 0.05) is 38.6 Å². The molecule has 2 rings (SSSR count). The van der Waals surface area contributed by atoms with Crippen molar-refractivity contribution in [3.63, 3.8) is 0 Å². The SMILES string of the molecule is CCCc1ncc(C(C)[n+]2ccccc2C)c(N)n1.Cl.[Cl-]. The first-order valence-electron chi connectivity index (χ1n) is 6.71. The maximum atomic E-state index is 6.08. The van der Waals surface area contributed by atoms with Gasteiger partial charge < -0.3 is 18.1 Å². The van der Waals surface area contributed by atoms with Crippen LogP contribution in [0.1, 0.15) is 43.4 Å². The van der Waals surface area contributed by atoms with Crippen molar-refractivity contribution in [2.45, 2.75) is 39.7 Å². The zero-order chi connectivity index (χ0) is 13.8. The molecular weight excluding hydrogens is 307 g/mol. The zero-order valence-electron chi connectivity index (χ0n) is 12.6. The van der Waals surface area contributed by atoms with Crippen molar-refractivity contribution >= 4 is 18.2 Å². The van der Waals surface area contributed by atoms with Crippen LogP contribution in [0, 0.1) is 6.92 Å². The summed E-state index contributed by atoms with van der Waals surface area (Å²) in [5.74, 6) is 1.41. The second-order valence-corrected chi connectivity index (χ2v) is 4.80. The Hall–Kier alpha value is -1.39. The monoisotopic (exact) mass is 328 g/mol. The molecule has 2 heterocycles. The minimum Gasteiger partial charge on any atom is -1.00 e. The lowest BCUT2D eigenvalue weighted by atomic mass is 10.1. The summed E-state index contributed by atoms with van der Waals surface area (Å²) in [5.41, 5.74) is 8.23. The standard InChI is InChI=1S/C15H21N4.2ClH/c1-4-7-14-17-10-13(15(16)18-14)12(3)19-9-6-5-8-11(19)2;;/h5-6,8-10,12H,4,7H2,1-3H3,(H2,16,17,18);2*1H/q+1;;/p-1. The predicted octanol–water partition coefficient (Wildman–Crippen LogP) is -0.358. The Bertz CT molecular complexity index is 575. The van der Waals surface area contributed by atoms with E-state index in [2.05, 4.69) is 47.6 Å². The fraction of sp³-hybridized carbons (Fsp3) is 0.400. The van der Waals surface area contributed by atoms with Crippen molar-refractivity contribution in [1.82, 2.24) is 9.97 Å². The molecule has 2 N–H and O–H groups in total. The second-order valence-electron chi connectivity index (χ2n) is 4.80. The Morgan fingerprint density at radius 2 is 2.05 bits per heavy atom. The Morgan fingerprint density at radius 3 is 2.62 bits per heavy atom. The molecule has 0 aliphatic heterocycles. The molecule has 0 bridgehead atoms. The highest BCUT2D eigenvalue weighted by atomic mass is 35.5. The van der Waals surface area contributed by atoms with Crippen LogP contribution in [0.25, 0.3) is 0 Å². The van der Waals surface area contributed by atoms with Gasteiger partial charge in [0.05, 0.1) is 5.56 Å². The number of nitrogens with zero attached hydrogens (tertiary/aromatic N) is 3. The molecule has 0 aliphatic carbocycles. The van der Waals surface area contributed by atoms with Gasteiger partial charge in [-0.25, -0.2) is 9.97 Å². The smallest absolute Gasteiger partial charge is 0.186 e. The average Bonchev–Trinajstić information content (AvgIpc) is 2.39. The number of hydrogen-bond acceptors (Lipinski definition) is 3. The minimum atomic E-state index is 0. The number of pyridine rings is 1. The number of nitrogen functional groups attached to an aromatic ring is 1. The third-order valence-electron chi connectivity index (χ3n) is 3.34. The lowest BCUT2D eigenvalue weighted by molar-refractivity contribution is -0.716. The van der Waals surface area contributed by atoms with E-state index in [1.807, 2.05) is 18.3 Å². The van der Waals surface area contributed by atoms with Crippen molar-refractivity contribution in [3.05, 3.63) is 47.7 Å². The first kappa shape index (κ1) is 19.6. The van der Waals surface area contributed by atoms with Gasteiger partial charge in [-0.2, -0.15) is 4.57 Å². The molecule has 2 aromatic heterocycles. The summed E-state index contributed by atoms with van der Waals surface area (Å²) in [6, 6.07) is 6.27. The van der Waals surface area contributed by atoms with Gasteiger partial charge in [-0.3, -0.25) is 0 Å². The van der Waals surface area contributed by atoms with E-state index in [0.29, 0.717) is 5.82 Å². The number of nitrogens with two attached hydrogens (primary N) is 1. The molecular formula is C15H22Cl2N4. The fourth-order valence-electron chi connectivity index (χ4n) is 2.23. The van der Waals surface area contributed by atoms with Crippen LogP contribution < -0.4 is 22.7 Å². The summed E-state index contributed by atoms with van der Waals surface area (Å²) in [4.78, 5) is 8.79. The number of anilines is 1. The van der Waals surface area contributed by atoms with E-state index in [9.17, 15) is 0 Å². The van der Waals surface area contributed by atoms with Gasteiger partial charge in [0.25, 0.3) is 0 Å². The van der Waals surface area contributed by atoms with Crippen LogP contribution in [-0.2, 0) is 6.42 Å². The number of aryl methyl sites for hydroxylation is 2. The average molecular weight is 329 g/mol. The van der Waals surface area contributed by atoms with Gasteiger partial charge in [-0.15, -0.1) is 12.4 Å². The summed E-state index contributed by atoms with van der Waals surface area (Å²) >= 11 is 0. The highest BCUT2D eigenvalue weighted by molar-refractivity contribution is 5.85. The molecule has 0 radical (unpaired) electrons. The van der Waals surface area contributed by atoms with Crippen molar-refractivity contribution < 1.29 is 17.0 Å². The van der Waals surface area contributed by atoms with Gasteiger partial charge >= 0.3 is 0 Å². The first-order valence-corrected chi connectivity index (χ1v) is 6.71. The molecule has 4 nitrogen and oxygen atoms in total. The highest BCUT2D eigenvalue weighted by Gasteiger charge is 2.21. The van der Waals surface area contributed by atoms with Crippen LogP contribution in [0.3, 0.4) is 0 Å². The van der Waals surface area contributed by atoms with E-state index in [4.69, 9.17) is 5.73 Å². The van der Waals surface area contributed by atoms with Crippen molar-refractivity contribution in [3.8, 4) is 0 Å². The van der Waals surface area contributed by atoms with Crippen LogP contribution in [0.4, 0.5) is 5.82 Å².